The Hall–Kier alpha value is -3.33. The number of piperazine rings is 1. The third kappa shape index (κ3) is 3.81. The molecule has 6 nitrogen and oxygen atoms in total. The van der Waals surface area contributed by atoms with Crippen LogP contribution < -0.4 is 10.2 Å². The van der Waals surface area contributed by atoms with E-state index in [0.717, 1.165) is 13.1 Å². The van der Waals surface area contributed by atoms with Crippen LogP contribution in [-0.2, 0) is 9.59 Å². The van der Waals surface area contributed by atoms with Crippen molar-refractivity contribution in [2.45, 2.75) is 19.8 Å². The van der Waals surface area contributed by atoms with E-state index in [1.165, 1.54) is 11.3 Å². The number of nitriles is 1. The fourth-order valence-electron chi connectivity index (χ4n) is 3.84. The molecule has 148 valence electrons. The summed E-state index contributed by atoms with van der Waals surface area (Å²) >= 11 is 0. The number of hydrogen-bond donors (Lipinski definition) is 1. The van der Waals surface area contributed by atoms with Crippen LogP contribution in [0, 0.1) is 23.7 Å². The third-order valence-corrected chi connectivity index (χ3v) is 5.80. The van der Waals surface area contributed by atoms with Crippen molar-refractivity contribution in [3.8, 4) is 6.07 Å². The number of aryl methyl sites for hydroxylation is 1. The van der Waals surface area contributed by atoms with Crippen LogP contribution in [0.4, 0.5) is 11.4 Å². The van der Waals surface area contributed by atoms with Crippen LogP contribution in [0.2, 0.25) is 0 Å². The molecular weight excluding hydrogens is 364 g/mol. The van der Waals surface area contributed by atoms with E-state index in [2.05, 4.69) is 47.5 Å². The minimum Gasteiger partial charge on any atom is -0.368 e. The minimum absolute atomic E-state index is 0.0625. The van der Waals surface area contributed by atoms with Crippen LogP contribution in [0.5, 0.6) is 0 Å². The minimum atomic E-state index is -0.931. The molecule has 0 unspecified atom stereocenters. The number of hydrogen-bond acceptors (Lipinski definition) is 4. The molecule has 2 amide bonds. The highest BCUT2D eigenvalue weighted by molar-refractivity contribution is 6.13. The van der Waals surface area contributed by atoms with Gasteiger partial charge >= 0.3 is 0 Å². The Kier molecular flexibility index (Phi) is 4.98. The van der Waals surface area contributed by atoms with Crippen molar-refractivity contribution in [1.82, 2.24) is 4.90 Å². The zero-order valence-corrected chi connectivity index (χ0v) is 16.5. The average molecular weight is 388 g/mol. The van der Waals surface area contributed by atoms with Crippen LogP contribution in [0.15, 0.2) is 48.5 Å². The molecule has 1 saturated heterocycles. The number of nitrogens with one attached hydrogen (secondary N) is 1. The second-order valence-electron chi connectivity index (χ2n) is 7.84. The maximum Gasteiger partial charge on any atom is 0.240 e. The smallest absolute Gasteiger partial charge is 0.240 e. The molecule has 1 saturated carbocycles. The SMILES string of the molecule is Cc1cccc(N2CCN(C(=O)C3(C(=O)Nc4ccc(C#N)cc4)CC3)CC2)c1. The van der Waals surface area contributed by atoms with Gasteiger partial charge in [-0.25, -0.2) is 0 Å². The van der Waals surface area contributed by atoms with Crippen LogP contribution in [0.25, 0.3) is 0 Å². The molecule has 2 aromatic rings. The number of benzene rings is 2. The van der Waals surface area contributed by atoms with Gasteiger partial charge in [0, 0.05) is 37.6 Å². The van der Waals surface area contributed by atoms with Gasteiger partial charge in [0.1, 0.15) is 5.41 Å². The molecule has 0 aromatic heterocycles. The summed E-state index contributed by atoms with van der Waals surface area (Å²) in [6.45, 7) is 4.86. The Bertz CT molecular complexity index is 965. The van der Waals surface area contributed by atoms with Gasteiger partial charge in [-0.05, 0) is 61.7 Å². The summed E-state index contributed by atoms with van der Waals surface area (Å²) in [7, 11) is 0. The highest BCUT2D eigenvalue weighted by Gasteiger charge is 2.58. The van der Waals surface area contributed by atoms with Gasteiger partial charge < -0.3 is 15.1 Å². The summed E-state index contributed by atoms with van der Waals surface area (Å²) in [6, 6.07) is 17.1. The number of carbonyl (C=O) groups excluding carboxylic acids is 2. The number of rotatable bonds is 4. The largest absolute Gasteiger partial charge is 0.368 e. The molecule has 1 aliphatic heterocycles. The van der Waals surface area contributed by atoms with Gasteiger partial charge in [-0.1, -0.05) is 12.1 Å². The van der Waals surface area contributed by atoms with E-state index in [1.807, 2.05) is 4.90 Å². The molecule has 0 atom stereocenters. The van der Waals surface area contributed by atoms with Crippen molar-refractivity contribution >= 4 is 23.2 Å². The predicted octanol–water partition coefficient (Wildman–Crippen LogP) is 2.93. The summed E-state index contributed by atoms with van der Waals surface area (Å²) in [4.78, 5) is 30.1. The van der Waals surface area contributed by atoms with Crippen molar-refractivity contribution in [2.75, 3.05) is 36.4 Å². The number of anilines is 2. The number of nitrogens with zero attached hydrogens (tertiary/aromatic N) is 3. The molecule has 2 aromatic carbocycles. The van der Waals surface area contributed by atoms with Crippen LogP contribution in [-0.4, -0.2) is 42.9 Å². The average Bonchev–Trinajstić information content (AvgIpc) is 3.56. The second kappa shape index (κ2) is 7.59. The lowest BCUT2D eigenvalue weighted by Gasteiger charge is -2.37. The first-order chi connectivity index (χ1) is 14.0. The highest BCUT2D eigenvalue weighted by atomic mass is 16.2. The maximum atomic E-state index is 13.1. The summed E-state index contributed by atoms with van der Waals surface area (Å²) in [5.41, 5.74) is 2.61. The Balaban J connectivity index is 1.37. The molecule has 0 spiro atoms. The van der Waals surface area contributed by atoms with E-state index in [4.69, 9.17) is 5.26 Å². The van der Waals surface area contributed by atoms with Crippen molar-refractivity contribution < 1.29 is 9.59 Å². The molecule has 2 fully saturated rings. The Labute approximate surface area is 170 Å². The van der Waals surface area contributed by atoms with Crippen molar-refractivity contribution in [3.05, 3.63) is 59.7 Å². The third-order valence-electron chi connectivity index (χ3n) is 5.80. The normalized spacial score (nSPS) is 17.4. The molecule has 0 radical (unpaired) electrons. The molecule has 6 heteroatoms. The van der Waals surface area contributed by atoms with E-state index >= 15 is 0 Å². The summed E-state index contributed by atoms with van der Waals surface area (Å²) in [5.74, 6) is -0.305. The highest BCUT2D eigenvalue weighted by Crippen LogP contribution is 2.48. The van der Waals surface area contributed by atoms with Gasteiger partial charge in [0.15, 0.2) is 0 Å². The summed E-state index contributed by atoms with van der Waals surface area (Å²) in [6.07, 6.45) is 1.18. The number of amides is 2. The number of carbonyl (C=O) groups is 2. The lowest BCUT2D eigenvalue weighted by molar-refractivity contribution is -0.142. The zero-order valence-electron chi connectivity index (χ0n) is 16.5. The zero-order chi connectivity index (χ0) is 20.4. The maximum absolute atomic E-state index is 13.1. The first kappa shape index (κ1) is 19.0. The van der Waals surface area contributed by atoms with Gasteiger partial charge in [0.25, 0.3) is 0 Å². The Morgan fingerprint density at radius 2 is 1.72 bits per heavy atom. The van der Waals surface area contributed by atoms with Crippen LogP contribution in [0.3, 0.4) is 0 Å². The van der Waals surface area contributed by atoms with Crippen molar-refractivity contribution in [1.29, 1.82) is 5.26 Å². The molecule has 1 N–H and O–H groups in total. The Morgan fingerprint density at radius 1 is 1.03 bits per heavy atom. The standard InChI is InChI=1S/C23H24N4O2/c1-17-3-2-4-20(15-17)26-11-13-27(14-12-26)22(29)23(9-10-23)21(28)25-19-7-5-18(16-24)6-8-19/h2-8,15H,9-14H2,1H3,(H,25,28). The lowest BCUT2D eigenvalue weighted by atomic mass is 10.0. The van der Waals surface area contributed by atoms with Gasteiger partial charge in [0.2, 0.25) is 11.8 Å². The molecule has 29 heavy (non-hydrogen) atoms. The molecule has 2 aliphatic rings. The van der Waals surface area contributed by atoms with Crippen molar-refractivity contribution in [2.24, 2.45) is 5.41 Å². The van der Waals surface area contributed by atoms with E-state index in [1.54, 1.807) is 24.3 Å². The quantitative estimate of drug-likeness (QED) is 0.817. The molecule has 1 heterocycles. The first-order valence-corrected chi connectivity index (χ1v) is 9.94. The van der Waals surface area contributed by atoms with E-state index in [-0.39, 0.29) is 11.8 Å². The van der Waals surface area contributed by atoms with E-state index in [9.17, 15) is 9.59 Å². The first-order valence-electron chi connectivity index (χ1n) is 9.94. The van der Waals surface area contributed by atoms with Crippen LogP contribution >= 0.6 is 0 Å². The van der Waals surface area contributed by atoms with Gasteiger partial charge in [-0.2, -0.15) is 5.26 Å². The van der Waals surface area contributed by atoms with Gasteiger partial charge in [-0.3, -0.25) is 9.59 Å². The second-order valence-corrected chi connectivity index (χ2v) is 7.84. The molecule has 1 aliphatic carbocycles. The van der Waals surface area contributed by atoms with Crippen molar-refractivity contribution in [3.63, 3.8) is 0 Å². The van der Waals surface area contributed by atoms with E-state index < -0.39 is 5.41 Å². The van der Waals surface area contributed by atoms with Crippen LogP contribution in [0.1, 0.15) is 24.0 Å². The predicted molar refractivity (Wildman–Crippen MR) is 111 cm³/mol. The molecule has 0 bridgehead atoms. The summed E-state index contributed by atoms with van der Waals surface area (Å²) < 4.78 is 0. The van der Waals surface area contributed by atoms with E-state index in [0.29, 0.717) is 37.2 Å². The Morgan fingerprint density at radius 3 is 2.31 bits per heavy atom. The topological polar surface area (TPSA) is 76.4 Å². The monoisotopic (exact) mass is 388 g/mol. The summed E-state index contributed by atoms with van der Waals surface area (Å²) in [5, 5.41) is 11.7. The lowest BCUT2D eigenvalue weighted by Crippen LogP contribution is -2.52. The molecular formula is C23H24N4O2. The fraction of sp³-hybridized carbons (Fsp3) is 0.348. The fourth-order valence-corrected chi connectivity index (χ4v) is 3.84. The molecule has 4 rings (SSSR count). The van der Waals surface area contributed by atoms with Gasteiger partial charge in [-0.15, -0.1) is 0 Å². The van der Waals surface area contributed by atoms with Gasteiger partial charge in [0.05, 0.1) is 11.6 Å².